The number of nitrogens with two attached hydrogens (primary N) is 1. The number of nitrogens with zero attached hydrogens (tertiary/aromatic N) is 1. The number of carbonyl (C=O) groups is 1. The van der Waals surface area contributed by atoms with Gasteiger partial charge in [0.1, 0.15) is 11.6 Å². The van der Waals surface area contributed by atoms with Crippen LogP contribution in [0.25, 0.3) is 0 Å². The quantitative estimate of drug-likeness (QED) is 0.703. The van der Waals surface area contributed by atoms with Crippen molar-refractivity contribution in [3.05, 3.63) is 23.6 Å². The number of hydrogen-bond donors (Lipinski definition) is 2. The maximum atomic E-state index is 13.0. The number of pyridine rings is 1. The Morgan fingerprint density at radius 2 is 2.46 bits per heavy atom. The first-order valence-corrected chi connectivity index (χ1v) is 3.84. The molecule has 13 heavy (non-hydrogen) atoms. The van der Waals surface area contributed by atoms with Gasteiger partial charge in [0, 0.05) is 18.8 Å². The average Bonchev–Trinajstić information content (AvgIpc) is 2.04. The number of halogens is 1. The lowest BCUT2D eigenvalue weighted by Crippen LogP contribution is -2.24. The van der Waals surface area contributed by atoms with E-state index in [1.807, 2.05) is 0 Å². The van der Waals surface area contributed by atoms with Crippen molar-refractivity contribution >= 4 is 11.7 Å². The fraction of sp³-hybridized carbons (Fsp3) is 0.250. The second-order valence-electron chi connectivity index (χ2n) is 2.45. The number of nitrogens with one attached hydrogen (secondary N) is 1. The Hall–Kier alpha value is -1.65. The third-order valence-corrected chi connectivity index (χ3v) is 1.46. The Bertz CT molecular complexity index is 327. The summed E-state index contributed by atoms with van der Waals surface area (Å²) in [5.41, 5.74) is 5.13. The van der Waals surface area contributed by atoms with Crippen molar-refractivity contribution in [1.29, 1.82) is 0 Å². The maximum absolute atomic E-state index is 13.0. The Balaban J connectivity index is 2.95. The van der Waals surface area contributed by atoms with Crippen molar-refractivity contribution in [2.45, 2.75) is 6.92 Å². The minimum atomic E-state index is -0.654. The van der Waals surface area contributed by atoms with E-state index in [4.69, 9.17) is 5.73 Å². The normalized spacial score (nSPS) is 9.69. The molecular formula is C8H10FN3O. The lowest BCUT2D eigenvalue weighted by atomic mass is 10.2. The average molecular weight is 183 g/mol. The van der Waals surface area contributed by atoms with Crippen LogP contribution in [0.1, 0.15) is 17.3 Å². The number of amides is 1. The maximum Gasteiger partial charge on any atom is 0.255 e. The van der Waals surface area contributed by atoms with Crippen LogP contribution in [0.3, 0.4) is 0 Å². The van der Waals surface area contributed by atoms with Gasteiger partial charge < -0.3 is 11.1 Å². The fourth-order valence-corrected chi connectivity index (χ4v) is 0.868. The van der Waals surface area contributed by atoms with Crippen molar-refractivity contribution in [3.63, 3.8) is 0 Å². The first-order valence-electron chi connectivity index (χ1n) is 3.84. The van der Waals surface area contributed by atoms with E-state index < -0.39 is 11.7 Å². The summed E-state index contributed by atoms with van der Waals surface area (Å²) in [5.74, 6) is -1.07. The molecule has 1 rings (SSSR count). The van der Waals surface area contributed by atoms with Gasteiger partial charge in [0.05, 0.1) is 5.56 Å². The van der Waals surface area contributed by atoms with Crippen LogP contribution in [-0.2, 0) is 0 Å². The molecular weight excluding hydrogens is 173 g/mol. The van der Waals surface area contributed by atoms with Crippen LogP contribution in [0.4, 0.5) is 10.2 Å². The van der Waals surface area contributed by atoms with E-state index in [2.05, 4.69) is 10.3 Å². The third-order valence-electron chi connectivity index (χ3n) is 1.46. The molecule has 4 nitrogen and oxygen atoms in total. The summed E-state index contributed by atoms with van der Waals surface area (Å²) >= 11 is 0. The summed E-state index contributed by atoms with van der Waals surface area (Å²) in [6.07, 6.45) is 1.12. The van der Waals surface area contributed by atoms with Crippen molar-refractivity contribution in [3.8, 4) is 0 Å². The van der Waals surface area contributed by atoms with Crippen LogP contribution in [0, 0.1) is 5.82 Å². The van der Waals surface area contributed by atoms with Crippen LogP contribution in [0.5, 0.6) is 0 Å². The van der Waals surface area contributed by atoms with Crippen LogP contribution in [0.15, 0.2) is 12.3 Å². The van der Waals surface area contributed by atoms with E-state index >= 15 is 0 Å². The first kappa shape index (κ1) is 9.44. The summed E-state index contributed by atoms with van der Waals surface area (Å²) in [7, 11) is 0. The van der Waals surface area contributed by atoms with E-state index in [1.165, 1.54) is 0 Å². The van der Waals surface area contributed by atoms with Gasteiger partial charge in [-0.3, -0.25) is 4.79 Å². The number of nitrogen functional groups attached to an aromatic ring is 1. The Kier molecular flexibility index (Phi) is 2.79. The number of aromatic nitrogens is 1. The topological polar surface area (TPSA) is 68.0 Å². The van der Waals surface area contributed by atoms with E-state index in [0.29, 0.717) is 6.54 Å². The van der Waals surface area contributed by atoms with Crippen LogP contribution in [-0.4, -0.2) is 17.4 Å². The molecule has 3 N–H and O–H groups in total. The van der Waals surface area contributed by atoms with E-state index in [0.717, 1.165) is 12.3 Å². The summed E-state index contributed by atoms with van der Waals surface area (Å²) in [6.45, 7) is 2.20. The van der Waals surface area contributed by atoms with Crippen molar-refractivity contribution in [2.24, 2.45) is 0 Å². The molecule has 0 radical (unpaired) electrons. The molecule has 70 valence electrons. The Labute approximate surface area is 75.0 Å². The first-order chi connectivity index (χ1) is 6.15. The number of hydrogen-bond acceptors (Lipinski definition) is 3. The molecule has 0 spiro atoms. The predicted octanol–water partition coefficient (Wildman–Crippen LogP) is 0.553. The fourth-order valence-electron chi connectivity index (χ4n) is 0.868. The lowest BCUT2D eigenvalue weighted by molar-refractivity contribution is 0.0951. The monoisotopic (exact) mass is 183 g/mol. The number of rotatable bonds is 2. The Morgan fingerprint density at radius 1 is 1.77 bits per heavy atom. The van der Waals surface area contributed by atoms with Gasteiger partial charge in [-0.1, -0.05) is 0 Å². The predicted molar refractivity (Wildman–Crippen MR) is 46.6 cm³/mol. The standard InChI is InChI=1S/C8H10FN3O/c1-2-11-8(13)5-4-12-7(10)3-6(5)9/h3-4H,2H2,1H3,(H2,10,12)(H,11,13). The summed E-state index contributed by atoms with van der Waals surface area (Å²) in [5, 5.41) is 2.46. The Morgan fingerprint density at radius 3 is 3.00 bits per heavy atom. The van der Waals surface area contributed by atoms with Gasteiger partial charge >= 0.3 is 0 Å². The van der Waals surface area contributed by atoms with E-state index in [-0.39, 0.29) is 11.4 Å². The molecule has 0 aliphatic rings. The minimum Gasteiger partial charge on any atom is -0.384 e. The molecule has 0 aromatic carbocycles. The smallest absolute Gasteiger partial charge is 0.255 e. The largest absolute Gasteiger partial charge is 0.384 e. The number of carbonyl (C=O) groups excluding carboxylic acids is 1. The van der Waals surface area contributed by atoms with Crippen molar-refractivity contribution in [1.82, 2.24) is 10.3 Å². The molecule has 0 atom stereocenters. The zero-order valence-electron chi connectivity index (χ0n) is 7.17. The molecule has 0 aliphatic carbocycles. The molecule has 1 heterocycles. The highest BCUT2D eigenvalue weighted by Crippen LogP contribution is 2.07. The van der Waals surface area contributed by atoms with Crippen LogP contribution >= 0.6 is 0 Å². The summed E-state index contributed by atoms with van der Waals surface area (Å²) < 4.78 is 13.0. The van der Waals surface area contributed by atoms with Gasteiger partial charge in [-0.25, -0.2) is 9.37 Å². The molecule has 0 aliphatic heterocycles. The van der Waals surface area contributed by atoms with Crippen LogP contribution < -0.4 is 11.1 Å². The zero-order valence-corrected chi connectivity index (χ0v) is 7.17. The molecule has 0 unspecified atom stereocenters. The summed E-state index contributed by atoms with van der Waals surface area (Å²) in [4.78, 5) is 14.8. The molecule has 0 saturated carbocycles. The summed E-state index contributed by atoms with van der Waals surface area (Å²) in [6, 6.07) is 1.02. The van der Waals surface area contributed by atoms with Gasteiger partial charge in [-0.15, -0.1) is 0 Å². The molecule has 5 heteroatoms. The zero-order chi connectivity index (χ0) is 9.84. The second kappa shape index (κ2) is 3.84. The van der Waals surface area contributed by atoms with Gasteiger partial charge in [0.15, 0.2) is 0 Å². The minimum absolute atomic E-state index is 0.0607. The second-order valence-corrected chi connectivity index (χ2v) is 2.45. The molecule has 1 aromatic rings. The number of anilines is 1. The SMILES string of the molecule is CCNC(=O)c1cnc(N)cc1F. The van der Waals surface area contributed by atoms with Gasteiger partial charge in [0.2, 0.25) is 0 Å². The molecule has 1 aromatic heterocycles. The van der Waals surface area contributed by atoms with Crippen LogP contribution in [0.2, 0.25) is 0 Å². The molecule has 0 bridgehead atoms. The lowest BCUT2D eigenvalue weighted by Gasteiger charge is -2.02. The highest BCUT2D eigenvalue weighted by Gasteiger charge is 2.10. The van der Waals surface area contributed by atoms with Gasteiger partial charge in [-0.05, 0) is 6.92 Å². The van der Waals surface area contributed by atoms with E-state index in [1.54, 1.807) is 6.92 Å². The molecule has 1 amide bonds. The third kappa shape index (κ3) is 2.14. The van der Waals surface area contributed by atoms with Crippen molar-refractivity contribution < 1.29 is 9.18 Å². The van der Waals surface area contributed by atoms with Crippen molar-refractivity contribution in [2.75, 3.05) is 12.3 Å². The molecule has 0 fully saturated rings. The highest BCUT2D eigenvalue weighted by molar-refractivity contribution is 5.94. The highest BCUT2D eigenvalue weighted by atomic mass is 19.1. The van der Waals surface area contributed by atoms with Gasteiger partial charge in [-0.2, -0.15) is 0 Å². The van der Waals surface area contributed by atoms with E-state index in [9.17, 15) is 9.18 Å². The molecule has 0 saturated heterocycles. The van der Waals surface area contributed by atoms with Gasteiger partial charge in [0.25, 0.3) is 5.91 Å².